The van der Waals surface area contributed by atoms with Crippen LogP contribution in [0.15, 0.2) is 18.3 Å². The number of aromatic nitrogens is 1. The van der Waals surface area contributed by atoms with Crippen LogP contribution in [0.3, 0.4) is 0 Å². The second kappa shape index (κ2) is 6.78. The molecule has 0 bridgehead atoms. The second-order valence-electron chi connectivity index (χ2n) is 6.14. The molecule has 5 heteroatoms. The number of carbonyl (C=O) groups is 1. The average Bonchev–Trinajstić information content (AvgIpc) is 3.29. The van der Waals surface area contributed by atoms with Crippen LogP contribution in [-0.2, 0) is 0 Å². The third-order valence-electron chi connectivity index (χ3n) is 4.14. The van der Waals surface area contributed by atoms with E-state index in [0.29, 0.717) is 12.1 Å². The van der Waals surface area contributed by atoms with Gasteiger partial charge in [0.1, 0.15) is 5.82 Å². The van der Waals surface area contributed by atoms with Gasteiger partial charge in [-0.05, 0) is 37.8 Å². The molecule has 0 radical (unpaired) electrons. The molecule has 1 aromatic rings. The van der Waals surface area contributed by atoms with Gasteiger partial charge in [0.15, 0.2) is 0 Å². The first-order valence-corrected chi connectivity index (χ1v) is 8.10. The Morgan fingerprint density at radius 3 is 2.38 bits per heavy atom. The van der Waals surface area contributed by atoms with Gasteiger partial charge >= 0.3 is 6.03 Å². The van der Waals surface area contributed by atoms with E-state index in [2.05, 4.69) is 20.9 Å². The van der Waals surface area contributed by atoms with Crippen molar-refractivity contribution in [3.8, 4) is 0 Å². The molecule has 2 aliphatic carbocycles. The van der Waals surface area contributed by atoms with Crippen molar-refractivity contribution in [1.82, 2.24) is 10.3 Å². The van der Waals surface area contributed by atoms with E-state index in [4.69, 9.17) is 0 Å². The number of nitrogens with one attached hydrogen (secondary N) is 3. The minimum absolute atomic E-state index is 0.135. The number of carbonyl (C=O) groups excluding carboxylic acids is 1. The molecule has 21 heavy (non-hydrogen) atoms. The van der Waals surface area contributed by atoms with E-state index >= 15 is 0 Å². The van der Waals surface area contributed by atoms with Crippen LogP contribution in [0.5, 0.6) is 0 Å². The number of nitrogens with zero attached hydrogens (tertiary/aromatic N) is 1. The number of amides is 2. The van der Waals surface area contributed by atoms with Gasteiger partial charge in [-0.3, -0.25) is 0 Å². The maximum atomic E-state index is 11.6. The van der Waals surface area contributed by atoms with Gasteiger partial charge in [-0.25, -0.2) is 9.78 Å². The first-order chi connectivity index (χ1) is 10.3. The van der Waals surface area contributed by atoms with Gasteiger partial charge in [-0.15, -0.1) is 0 Å². The van der Waals surface area contributed by atoms with Crippen LogP contribution in [0.4, 0.5) is 16.3 Å². The Labute approximate surface area is 125 Å². The van der Waals surface area contributed by atoms with Gasteiger partial charge in [-0.2, -0.15) is 0 Å². The molecular formula is C16H24N4O. The maximum absolute atomic E-state index is 11.6. The second-order valence-corrected chi connectivity index (χ2v) is 6.14. The Morgan fingerprint density at radius 2 is 1.76 bits per heavy atom. The molecule has 0 aliphatic heterocycles. The molecule has 0 atom stereocenters. The maximum Gasteiger partial charge on any atom is 0.319 e. The Balaban J connectivity index is 1.49. The number of rotatable bonds is 4. The van der Waals surface area contributed by atoms with Gasteiger partial charge in [0.05, 0.1) is 11.9 Å². The zero-order valence-electron chi connectivity index (χ0n) is 12.4. The van der Waals surface area contributed by atoms with Crippen LogP contribution in [0, 0.1) is 0 Å². The largest absolute Gasteiger partial charge is 0.367 e. The van der Waals surface area contributed by atoms with Gasteiger partial charge in [0.2, 0.25) is 0 Å². The molecule has 2 saturated carbocycles. The Kier molecular flexibility index (Phi) is 4.58. The zero-order valence-corrected chi connectivity index (χ0v) is 12.4. The molecule has 2 aliphatic rings. The third kappa shape index (κ3) is 4.62. The molecule has 114 valence electrons. The minimum Gasteiger partial charge on any atom is -0.367 e. The summed E-state index contributed by atoms with van der Waals surface area (Å²) < 4.78 is 0. The monoisotopic (exact) mass is 288 g/mol. The van der Waals surface area contributed by atoms with Crippen LogP contribution in [0.2, 0.25) is 0 Å². The van der Waals surface area contributed by atoms with Crippen molar-refractivity contribution >= 4 is 17.5 Å². The SMILES string of the molecule is O=C(Nc1ccc(NC2CCCCCC2)nc1)NC1CC1. The molecule has 5 nitrogen and oxygen atoms in total. The number of urea groups is 1. The predicted molar refractivity (Wildman–Crippen MR) is 84.5 cm³/mol. The highest BCUT2D eigenvalue weighted by Crippen LogP contribution is 2.21. The van der Waals surface area contributed by atoms with Gasteiger partial charge in [0, 0.05) is 12.1 Å². The first-order valence-electron chi connectivity index (χ1n) is 8.10. The molecule has 0 unspecified atom stereocenters. The van der Waals surface area contributed by atoms with Crippen molar-refractivity contribution in [3.05, 3.63) is 18.3 Å². The number of anilines is 2. The van der Waals surface area contributed by atoms with Crippen LogP contribution >= 0.6 is 0 Å². The highest BCUT2D eigenvalue weighted by molar-refractivity contribution is 5.89. The fourth-order valence-electron chi connectivity index (χ4n) is 2.77. The number of hydrogen-bond donors (Lipinski definition) is 3. The molecule has 3 rings (SSSR count). The summed E-state index contributed by atoms with van der Waals surface area (Å²) in [6.45, 7) is 0. The van der Waals surface area contributed by atoms with E-state index < -0.39 is 0 Å². The zero-order chi connectivity index (χ0) is 14.5. The normalized spacial score (nSPS) is 19.6. The highest BCUT2D eigenvalue weighted by atomic mass is 16.2. The lowest BCUT2D eigenvalue weighted by atomic mass is 10.1. The topological polar surface area (TPSA) is 66.0 Å². The molecule has 1 aromatic heterocycles. The Morgan fingerprint density at radius 1 is 1.00 bits per heavy atom. The van der Waals surface area contributed by atoms with Crippen LogP contribution in [0.25, 0.3) is 0 Å². The number of hydrogen-bond acceptors (Lipinski definition) is 3. The lowest BCUT2D eigenvalue weighted by Crippen LogP contribution is -2.30. The summed E-state index contributed by atoms with van der Waals surface area (Å²) in [5, 5.41) is 9.21. The minimum atomic E-state index is -0.135. The van der Waals surface area contributed by atoms with Crippen molar-refractivity contribution < 1.29 is 4.79 Å². The van der Waals surface area contributed by atoms with Crippen molar-refractivity contribution in [3.63, 3.8) is 0 Å². The quantitative estimate of drug-likeness (QED) is 0.743. The Hall–Kier alpha value is -1.78. The van der Waals surface area contributed by atoms with Gasteiger partial charge in [0.25, 0.3) is 0 Å². The van der Waals surface area contributed by atoms with E-state index in [1.807, 2.05) is 12.1 Å². The molecule has 3 N–H and O–H groups in total. The lowest BCUT2D eigenvalue weighted by molar-refractivity contribution is 0.251. The van der Waals surface area contributed by atoms with Crippen molar-refractivity contribution in [2.75, 3.05) is 10.6 Å². The highest BCUT2D eigenvalue weighted by Gasteiger charge is 2.23. The Bertz CT molecular complexity index is 462. The summed E-state index contributed by atoms with van der Waals surface area (Å²) in [5.74, 6) is 0.898. The van der Waals surface area contributed by atoms with Gasteiger partial charge < -0.3 is 16.0 Å². The predicted octanol–water partition coefficient (Wildman–Crippen LogP) is 3.50. The fourth-order valence-corrected chi connectivity index (χ4v) is 2.77. The summed E-state index contributed by atoms with van der Waals surface area (Å²) in [6.07, 6.45) is 11.7. The summed E-state index contributed by atoms with van der Waals surface area (Å²) in [5.41, 5.74) is 0.736. The van der Waals surface area contributed by atoms with E-state index in [9.17, 15) is 4.79 Å². The molecule has 0 spiro atoms. The van der Waals surface area contributed by atoms with E-state index in [-0.39, 0.29) is 6.03 Å². The summed E-state index contributed by atoms with van der Waals surface area (Å²) in [6, 6.07) is 4.62. The van der Waals surface area contributed by atoms with Crippen LogP contribution < -0.4 is 16.0 Å². The molecule has 2 amide bonds. The van der Waals surface area contributed by atoms with E-state index in [0.717, 1.165) is 24.3 Å². The average molecular weight is 288 g/mol. The van der Waals surface area contributed by atoms with Gasteiger partial charge in [-0.1, -0.05) is 25.7 Å². The summed E-state index contributed by atoms with van der Waals surface area (Å²) in [7, 11) is 0. The standard InChI is InChI=1S/C16H24N4O/c21-16(19-13-7-8-13)20-14-9-10-15(17-11-14)18-12-5-3-1-2-4-6-12/h9-13H,1-8H2,(H,17,18)(H2,19,20,21). The molecule has 0 saturated heterocycles. The number of pyridine rings is 1. The first kappa shape index (κ1) is 14.2. The molecule has 1 heterocycles. The molecule has 0 aromatic carbocycles. The fraction of sp³-hybridized carbons (Fsp3) is 0.625. The van der Waals surface area contributed by atoms with Crippen LogP contribution in [0.1, 0.15) is 51.4 Å². The lowest BCUT2D eigenvalue weighted by Gasteiger charge is -2.17. The van der Waals surface area contributed by atoms with Crippen molar-refractivity contribution in [1.29, 1.82) is 0 Å². The van der Waals surface area contributed by atoms with E-state index in [1.165, 1.54) is 38.5 Å². The molecule has 2 fully saturated rings. The smallest absolute Gasteiger partial charge is 0.319 e. The summed E-state index contributed by atoms with van der Waals surface area (Å²) >= 11 is 0. The van der Waals surface area contributed by atoms with Crippen molar-refractivity contribution in [2.24, 2.45) is 0 Å². The third-order valence-corrected chi connectivity index (χ3v) is 4.14. The van der Waals surface area contributed by atoms with Crippen LogP contribution in [-0.4, -0.2) is 23.1 Å². The molecular weight excluding hydrogens is 264 g/mol. The van der Waals surface area contributed by atoms with E-state index in [1.54, 1.807) is 6.20 Å². The summed E-state index contributed by atoms with van der Waals surface area (Å²) in [4.78, 5) is 16.0. The van der Waals surface area contributed by atoms with Crippen molar-refractivity contribution in [2.45, 2.75) is 63.5 Å².